The Morgan fingerprint density at radius 3 is 2.68 bits per heavy atom. The molecule has 0 heterocycles. The molecule has 19 heavy (non-hydrogen) atoms. The molecule has 1 aliphatic carbocycles. The van der Waals surface area contributed by atoms with Gasteiger partial charge in [0.15, 0.2) is 0 Å². The largest absolute Gasteiger partial charge is 0.325 e. The van der Waals surface area contributed by atoms with Crippen LogP contribution in [0.4, 0.5) is 5.69 Å². The Balaban J connectivity index is 2.07. The minimum atomic E-state index is 0.392. The van der Waals surface area contributed by atoms with E-state index in [0.717, 1.165) is 28.6 Å². The minimum Gasteiger partial charge on any atom is -0.325 e. The summed E-state index contributed by atoms with van der Waals surface area (Å²) in [6.45, 7) is 2.06. The van der Waals surface area contributed by atoms with Crippen LogP contribution in [0, 0.1) is 6.92 Å². The van der Waals surface area contributed by atoms with Crippen molar-refractivity contribution in [3.05, 3.63) is 28.2 Å². The smallest absolute Gasteiger partial charge is 0.210 e. The van der Waals surface area contributed by atoms with Crippen molar-refractivity contribution in [1.29, 1.82) is 0 Å². The standard InChI is InChI=1S/C14H21BrN4/c1-10-9-11(15)7-8-13(10)18-14(19-16)17-12-5-3-2-4-6-12/h7-9,12H,2-6,16H2,1H3,(H2,17,18,19). The number of nitrogens with one attached hydrogen (secondary N) is 2. The van der Waals surface area contributed by atoms with Gasteiger partial charge < -0.3 is 5.32 Å². The van der Waals surface area contributed by atoms with Crippen LogP contribution in [0.5, 0.6) is 0 Å². The summed E-state index contributed by atoms with van der Waals surface area (Å²) < 4.78 is 1.07. The summed E-state index contributed by atoms with van der Waals surface area (Å²) in [5.74, 6) is 6.22. The molecule has 4 N–H and O–H groups in total. The zero-order valence-corrected chi connectivity index (χ0v) is 12.8. The number of nitrogens with zero attached hydrogens (tertiary/aromatic N) is 1. The van der Waals surface area contributed by atoms with E-state index in [1.807, 2.05) is 12.1 Å². The van der Waals surface area contributed by atoms with Gasteiger partial charge in [0.2, 0.25) is 5.96 Å². The van der Waals surface area contributed by atoms with Gasteiger partial charge in [-0.1, -0.05) is 35.2 Å². The van der Waals surface area contributed by atoms with Crippen LogP contribution in [-0.2, 0) is 0 Å². The summed E-state index contributed by atoms with van der Waals surface area (Å²) >= 11 is 3.46. The van der Waals surface area contributed by atoms with E-state index in [0.29, 0.717) is 12.0 Å². The first-order chi connectivity index (χ1) is 9.19. The Hall–Kier alpha value is -1.07. The summed E-state index contributed by atoms with van der Waals surface area (Å²) in [7, 11) is 0. The number of anilines is 1. The third-order valence-electron chi connectivity index (χ3n) is 3.46. The number of hydrogen-bond acceptors (Lipinski definition) is 2. The Labute approximate surface area is 123 Å². The predicted molar refractivity (Wildman–Crippen MR) is 84.1 cm³/mol. The monoisotopic (exact) mass is 324 g/mol. The molecule has 0 amide bonds. The van der Waals surface area contributed by atoms with Crippen LogP contribution in [0.2, 0.25) is 0 Å². The van der Waals surface area contributed by atoms with E-state index in [-0.39, 0.29) is 0 Å². The second-order valence-electron chi connectivity index (χ2n) is 5.00. The van der Waals surface area contributed by atoms with Crippen molar-refractivity contribution in [3.8, 4) is 0 Å². The third kappa shape index (κ3) is 4.21. The van der Waals surface area contributed by atoms with Crippen molar-refractivity contribution in [3.63, 3.8) is 0 Å². The maximum Gasteiger partial charge on any atom is 0.210 e. The van der Waals surface area contributed by atoms with Gasteiger partial charge in [-0.15, -0.1) is 0 Å². The Bertz CT molecular complexity index is 453. The molecule has 0 saturated heterocycles. The molecule has 1 aromatic rings. The number of hydrogen-bond donors (Lipinski definition) is 3. The van der Waals surface area contributed by atoms with Gasteiger partial charge >= 0.3 is 0 Å². The second kappa shape index (κ2) is 6.91. The quantitative estimate of drug-likeness (QED) is 0.338. The molecule has 5 heteroatoms. The van der Waals surface area contributed by atoms with E-state index in [9.17, 15) is 0 Å². The molecule has 0 bridgehead atoms. The molecule has 0 unspecified atom stereocenters. The number of aryl methyl sites for hydroxylation is 1. The van der Waals surface area contributed by atoms with Crippen molar-refractivity contribution in [2.24, 2.45) is 10.8 Å². The Morgan fingerprint density at radius 2 is 2.05 bits per heavy atom. The highest BCUT2D eigenvalue weighted by molar-refractivity contribution is 9.10. The Morgan fingerprint density at radius 1 is 1.32 bits per heavy atom. The van der Waals surface area contributed by atoms with Crippen molar-refractivity contribution in [2.75, 3.05) is 5.32 Å². The fourth-order valence-electron chi connectivity index (χ4n) is 2.39. The first-order valence-corrected chi connectivity index (χ1v) is 7.56. The molecule has 0 radical (unpaired) electrons. The third-order valence-corrected chi connectivity index (χ3v) is 3.96. The van der Waals surface area contributed by atoms with Gasteiger partial charge in [0.25, 0.3) is 0 Å². The number of benzene rings is 1. The highest BCUT2D eigenvalue weighted by Crippen LogP contribution is 2.22. The number of hydrazine groups is 1. The lowest BCUT2D eigenvalue weighted by molar-refractivity contribution is 0.442. The van der Waals surface area contributed by atoms with Crippen molar-refractivity contribution in [1.82, 2.24) is 5.43 Å². The van der Waals surface area contributed by atoms with Crippen LogP contribution in [0.3, 0.4) is 0 Å². The molecule has 2 rings (SSSR count). The summed E-state index contributed by atoms with van der Waals surface area (Å²) in [5.41, 5.74) is 4.84. The lowest BCUT2D eigenvalue weighted by Crippen LogP contribution is -2.37. The van der Waals surface area contributed by atoms with Gasteiger partial charge in [-0.05, 0) is 43.5 Å². The van der Waals surface area contributed by atoms with E-state index in [1.165, 1.54) is 19.3 Å². The molecule has 0 aliphatic heterocycles. The van der Waals surface area contributed by atoms with Gasteiger partial charge in [0.05, 0.1) is 6.04 Å². The fourth-order valence-corrected chi connectivity index (χ4v) is 2.87. The van der Waals surface area contributed by atoms with Crippen LogP contribution in [0.15, 0.2) is 27.7 Å². The van der Waals surface area contributed by atoms with Gasteiger partial charge in [-0.2, -0.15) is 0 Å². The van der Waals surface area contributed by atoms with Crippen molar-refractivity contribution < 1.29 is 0 Å². The molecular weight excluding hydrogens is 304 g/mol. The van der Waals surface area contributed by atoms with Gasteiger partial charge in [0.1, 0.15) is 0 Å². The van der Waals surface area contributed by atoms with E-state index in [2.05, 4.69) is 44.7 Å². The molecule has 1 fully saturated rings. The van der Waals surface area contributed by atoms with Crippen LogP contribution in [0.1, 0.15) is 37.7 Å². The van der Waals surface area contributed by atoms with Gasteiger partial charge in [-0.25, -0.2) is 10.8 Å². The first kappa shape index (κ1) is 14.3. The van der Waals surface area contributed by atoms with Crippen LogP contribution in [0.25, 0.3) is 0 Å². The van der Waals surface area contributed by atoms with E-state index in [1.54, 1.807) is 0 Å². The summed E-state index contributed by atoms with van der Waals surface area (Å²) in [4.78, 5) is 4.67. The van der Waals surface area contributed by atoms with E-state index in [4.69, 9.17) is 5.84 Å². The van der Waals surface area contributed by atoms with Crippen LogP contribution >= 0.6 is 15.9 Å². The Kier molecular flexibility index (Phi) is 5.22. The summed E-state index contributed by atoms with van der Waals surface area (Å²) in [6, 6.07) is 6.48. The van der Waals surface area contributed by atoms with Gasteiger partial charge in [0, 0.05) is 10.2 Å². The molecular formula is C14H21BrN4. The molecule has 4 nitrogen and oxygen atoms in total. The zero-order chi connectivity index (χ0) is 13.7. The van der Waals surface area contributed by atoms with Crippen LogP contribution < -0.4 is 16.6 Å². The average Bonchev–Trinajstić information content (AvgIpc) is 2.42. The SMILES string of the molecule is Cc1cc(Br)ccc1NC(=NC1CCCCC1)NN. The predicted octanol–water partition coefficient (Wildman–Crippen LogP) is 3.32. The zero-order valence-electron chi connectivity index (χ0n) is 11.2. The molecule has 1 aliphatic rings. The second-order valence-corrected chi connectivity index (χ2v) is 5.91. The topological polar surface area (TPSA) is 62.4 Å². The number of nitrogens with two attached hydrogens (primary N) is 1. The first-order valence-electron chi connectivity index (χ1n) is 6.76. The molecule has 104 valence electrons. The van der Waals surface area contributed by atoms with Gasteiger partial charge in [-0.3, -0.25) is 5.43 Å². The van der Waals surface area contributed by atoms with E-state index < -0.39 is 0 Å². The molecule has 1 saturated carbocycles. The molecule has 0 atom stereocenters. The summed E-state index contributed by atoms with van der Waals surface area (Å²) in [6.07, 6.45) is 6.18. The molecule has 1 aromatic carbocycles. The lowest BCUT2D eigenvalue weighted by Gasteiger charge is -2.20. The number of halogens is 1. The molecule has 0 spiro atoms. The normalized spacial score (nSPS) is 17.3. The van der Waals surface area contributed by atoms with Crippen molar-refractivity contribution >= 4 is 27.6 Å². The molecule has 0 aromatic heterocycles. The maximum atomic E-state index is 5.57. The maximum absolute atomic E-state index is 5.57. The number of guanidine groups is 1. The number of aliphatic imine (C=N–C) groups is 1. The summed E-state index contributed by atoms with van der Waals surface area (Å²) in [5, 5.41) is 3.26. The highest BCUT2D eigenvalue weighted by atomic mass is 79.9. The minimum absolute atomic E-state index is 0.392. The van der Waals surface area contributed by atoms with Crippen molar-refractivity contribution in [2.45, 2.75) is 45.1 Å². The average molecular weight is 325 g/mol. The fraction of sp³-hybridized carbons (Fsp3) is 0.500. The number of rotatable bonds is 2. The van der Waals surface area contributed by atoms with E-state index >= 15 is 0 Å². The highest BCUT2D eigenvalue weighted by Gasteiger charge is 2.13. The lowest BCUT2D eigenvalue weighted by atomic mass is 9.96. The van der Waals surface area contributed by atoms with Crippen LogP contribution in [-0.4, -0.2) is 12.0 Å².